The first-order valence-electron chi connectivity index (χ1n) is 9.88. The summed E-state index contributed by atoms with van der Waals surface area (Å²) in [5, 5.41) is 0. The van der Waals surface area contributed by atoms with Gasteiger partial charge >= 0.3 is 0 Å². The van der Waals surface area contributed by atoms with Gasteiger partial charge in [0.05, 0.1) is 0 Å². The van der Waals surface area contributed by atoms with Crippen LogP contribution in [0.2, 0.25) is 0 Å². The van der Waals surface area contributed by atoms with E-state index < -0.39 is 0 Å². The van der Waals surface area contributed by atoms with Crippen LogP contribution in [0.3, 0.4) is 0 Å². The standard InChI is InChI=1S/C23H24N4/c1-2-9-19(10-3-1)23-24-21(26-13-6-7-14-26)16-22(25-23)27-15-12-18-8-4-5-11-20(18)17-27/h1-5,8-11,16H,6-7,12-15,17H2. The van der Waals surface area contributed by atoms with E-state index in [2.05, 4.69) is 64.4 Å². The Morgan fingerprint density at radius 3 is 2.11 bits per heavy atom. The van der Waals surface area contributed by atoms with E-state index in [1.165, 1.54) is 24.0 Å². The molecule has 0 aliphatic carbocycles. The van der Waals surface area contributed by atoms with E-state index in [-0.39, 0.29) is 0 Å². The van der Waals surface area contributed by atoms with Crippen molar-refractivity contribution in [1.82, 2.24) is 9.97 Å². The lowest BCUT2D eigenvalue weighted by Crippen LogP contribution is -2.31. The molecule has 4 nitrogen and oxygen atoms in total. The molecule has 0 unspecified atom stereocenters. The van der Waals surface area contributed by atoms with Crippen molar-refractivity contribution in [1.29, 1.82) is 0 Å². The molecule has 2 aromatic carbocycles. The molecule has 0 saturated carbocycles. The minimum Gasteiger partial charge on any atom is -0.356 e. The Labute approximate surface area is 160 Å². The van der Waals surface area contributed by atoms with Gasteiger partial charge in [-0.2, -0.15) is 0 Å². The molecule has 0 amide bonds. The summed E-state index contributed by atoms with van der Waals surface area (Å²) in [6.45, 7) is 4.10. The molecule has 2 aliphatic rings. The molecule has 0 atom stereocenters. The third kappa shape index (κ3) is 3.27. The number of aromatic nitrogens is 2. The largest absolute Gasteiger partial charge is 0.356 e. The first kappa shape index (κ1) is 16.3. The molecular weight excluding hydrogens is 332 g/mol. The summed E-state index contributed by atoms with van der Waals surface area (Å²) in [4.78, 5) is 14.7. The lowest BCUT2D eigenvalue weighted by molar-refractivity contribution is 0.719. The Balaban J connectivity index is 1.54. The smallest absolute Gasteiger partial charge is 0.163 e. The molecule has 3 heterocycles. The third-order valence-corrected chi connectivity index (χ3v) is 5.62. The topological polar surface area (TPSA) is 32.3 Å². The predicted molar refractivity (Wildman–Crippen MR) is 110 cm³/mol. The van der Waals surface area contributed by atoms with E-state index in [0.717, 1.165) is 55.6 Å². The average molecular weight is 356 g/mol. The van der Waals surface area contributed by atoms with Crippen molar-refractivity contribution >= 4 is 11.6 Å². The molecule has 1 saturated heterocycles. The summed E-state index contributed by atoms with van der Waals surface area (Å²) in [5.41, 5.74) is 3.95. The lowest BCUT2D eigenvalue weighted by atomic mass is 10.00. The van der Waals surface area contributed by atoms with Crippen molar-refractivity contribution in [3.05, 3.63) is 71.8 Å². The predicted octanol–water partition coefficient (Wildman–Crippen LogP) is 4.31. The van der Waals surface area contributed by atoms with Crippen LogP contribution < -0.4 is 9.80 Å². The number of hydrogen-bond donors (Lipinski definition) is 0. The molecule has 27 heavy (non-hydrogen) atoms. The summed E-state index contributed by atoms with van der Waals surface area (Å²) in [5.74, 6) is 2.93. The molecule has 1 aromatic heterocycles. The van der Waals surface area contributed by atoms with Gasteiger partial charge in [0.2, 0.25) is 0 Å². The number of hydrogen-bond acceptors (Lipinski definition) is 4. The van der Waals surface area contributed by atoms with Crippen LogP contribution in [0.5, 0.6) is 0 Å². The minimum absolute atomic E-state index is 0.828. The Kier molecular flexibility index (Phi) is 4.24. The van der Waals surface area contributed by atoms with Gasteiger partial charge in [0.25, 0.3) is 0 Å². The van der Waals surface area contributed by atoms with Gasteiger partial charge in [-0.25, -0.2) is 9.97 Å². The van der Waals surface area contributed by atoms with Gasteiger partial charge in [0, 0.05) is 37.8 Å². The second-order valence-electron chi connectivity index (χ2n) is 7.41. The summed E-state index contributed by atoms with van der Waals surface area (Å²) >= 11 is 0. The van der Waals surface area contributed by atoms with Crippen molar-refractivity contribution in [2.24, 2.45) is 0 Å². The average Bonchev–Trinajstić information content (AvgIpc) is 3.29. The number of rotatable bonds is 3. The molecule has 0 N–H and O–H groups in total. The molecule has 0 spiro atoms. The molecule has 1 fully saturated rings. The third-order valence-electron chi connectivity index (χ3n) is 5.62. The van der Waals surface area contributed by atoms with Crippen LogP contribution in [0.4, 0.5) is 11.6 Å². The Hall–Kier alpha value is -2.88. The fraction of sp³-hybridized carbons (Fsp3) is 0.304. The van der Waals surface area contributed by atoms with E-state index in [0.29, 0.717) is 0 Å². The van der Waals surface area contributed by atoms with Gasteiger partial charge in [-0.3, -0.25) is 0 Å². The van der Waals surface area contributed by atoms with Crippen molar-refractivity contribution < 1.29 is 0 Å². The summed E-state index contributed by atoms with van der Waals surface area (Å²) in [6, 6.07) is 21.3. The highest BCUT2D eigenvalue weighted by Gasteiger charge is 2.21. The fourth-order valence-electron chi connectivity index (χ4n) is 4.10. The van der Waals surface area contributed by atoms with Crippen LogP contribution in [0.15, 0.2) is 60.7 Å². The van der Waals surface area contributed by atoms with Crippen LogP contribution in [0, 0.1) is 0 Å². The van der Waals surface area contributed by atoms with Crippen molar-refractivity contribution in [3.8, 4) is 11.4 Å². The van der Waals surface area contributed by atoms with Crippen LogP contribution in [0.25, 0.3) is 11.4 Å². The van der Waals surface area contributed by atoms with Crippen LogP contribution in [0.1, 0.15) is 24.0 Å². The highest BCUT2D eigenvalue weighted by atomic mass is 15.2. The molecule has 5 rings (SSSR count). The van der Waals surface area contributed by atoms with Crippen molar-refractivity contribution in [3.63, 3.8) is 0 Å². The Morgan fingerprint density at radius 1 is 0.667 bits per heavy atom. The molecule has 0 bridgehead atoms. The highest BCUT2D eigenvalue weighted by Crippen LogP contribution is 2.29. The van der Waals surface area contributed by atoms with Gasteiger partial charge in [-0.15, -0.1) is 0 Å². The summed E-state index contributed by atoms with van der Waals surface area (Å²) in [7, 11) is 0. The second kappa shape index (κ2) is 7.03. The van der Waals surface area contributed by atoms with Gasteiger partial charge < -0.3 is 9.80 Å². The molecular formula is C23H24N4. The van der Waals surface area contributed by atoms with Gasteiger partial charge in [0.1, 0.15) is 11.6 Å². The SMILES string of the molecule is c1ccc(-c2nc(N3CCCC3)cc(N3CCc4ccccc4C3)n2)cc1. The maximum Gasteiger partial charge on any atom is 0.163 e. The molecule has 0 radical (unpaired) electrons. The minimum atomic E-state index is 0.828. The second-order valence-corrected chi connectivity index (χ2v) is 7.41. The first-order chi connectivity index (χ1) is 13.4. The van der Waals surface area contributed by atoms with Crippen molar-refractivity contribution in [2.45, 2.75) is 25.8 Å². The van der Waals surface area contributed by atoms with E-state index >= 15 is 0 Å². The Morgan fingerprint density at radius 2 is 1.33 bits per heavy atom. The first-order valence-corrected chi connectivity index (χ1v) is 9.88. The van der Waals surface area contributed by atoms with E-state index in [1.807, 2.05) is 6.07 Å². The van der Waals surface area contributed by atoms with Gasteiger partial charge in [-0.1, -0.05) is 54.6 Å². The van der Waals surface area contributed by atoms with Gasteiger partial charge in [-0.05, 0) is 30.4 Å². The summed E-state index contributed by atoms with van der Waals surface area (Å²) in [6.07, 6.45) is 3.56. The van der Waals surface area contributed by atoms with Crippen LogP contribution in [-0.2, 0) is 13.0 Å². The van der Waals surface area contributed by atoms with Gasteiger partial charge in [0.15, 0.2) is 5.82 Å². The van der Waals surface area contributed by atoms with Crippen LogP contribution in [-0.4, -0.2) is 29.6 Å². The molecule has 2 aliphatic heterocycles. The number of nitrogens with zero attached hydrogens (tertiary/aromatic N) is 4. The lowest BCUT2D eigenvalue weighted by Gasteiger charge is -2.30. The zero-order valence-corrected chi connectivity index (χ0v) is 15.5. The molecule has 4 heteroatoms. The normalized spacial score (nSPS) is 16.4. The highest BCUT2D eigenvalue weighted by molar-refractivity contribution is 5.63. The maximum absolute atomic E-state index is 4.96. The zero-order chi connectivity index (χ0) is 18.1. The monoisotopic (exact) mass is 356 g/mol. The number of benzene rings is 2. The quantitative estimate of drug-likeness (QED) is 0.700. The zero-order valence-electron chi connectivity index (χ0n) is 15.5. The number of anilines is 2. The van der Waals surface area contributed by atoms with E-state index in [1.54, 1.807) is 0 Å². The molecule has 3 aromatic rings. The number of fused-ring (bicyclic) bond motifs is 1. The molecule has 136 valence electrons. The van der Waals surface area contributed by atoms with Crippen LogP contribution >= 0.6 is 0 Å². The Bertz CT molecular complexity index is 932. The maximum atomic E-state index is 4.96. The van der Waals surface area contributed by atoms with E-state index in [9.17, 15) is 0 Å². The summed E-state index contributed by atoms with van der Waals surface area (Å²) < 4.78 is 0. The van der Waals surface area contributed by atoms with E-state index in [4.69, 9.17) is 9.97 Å². The van der Waals surface area contributed by atoms with Crippen molar-refractivity contribution in [2.75, 3.05) is 29.4 Å². The fourth-order valence-corrected chi connectivity index (χ4v) is 4.10.